The van der Waals surface area contributed by atoms with Gasteiger partial charge in [0.25, 0.3) is 5.56 Å². The first-order valence-electron chi connectivity index (χ1n) is 11.6. The molecule has 3 heterocycles. The molecule has 2 aliphatic rings. The van der Waals surface area contributed by atoms with Gasteiger partial charge < -0.3 is 14.8 Å². The molecule has 1 N–H and O–H groups in total. The molecule has 1 atom stereocenters. The Hall–Kier alpha value is -4.25. The fraction of sp³-hybridized carbons (Fsp3) is 0.296. The number of nitriles is 1. The molecule has 1 aromatic carbocycles. The van der Waals surface area contributed by atoms with E-state index >= 15 is 0 Å². The number of aromatic nitrogens is 2. The maximum atomic E-state index is 13.3. The quantitative estimate of drug-likeness (QED) is 0.615. The van der Waals surface area contributed by atoms with E-state index in [0.29, 0.717) is 41.2 Å². The molecule has 1 saturated heterocycles. The van der Waals surface area contributed by atoms with Crippen LogP contribution in [-0.2, 0) is 16.6 Å². The number of hydrogen-bond donors (Lipinski definition) is 1. The Morgan fingerprint density at radius 3 is 2.69 bits per heavy atom. The van der Waals surface area contributed by atoms with Gasteiger partial charge in [0, 0.05) is 50.2 Å². The normalized spacial score (nSPS) is 19.5. The third-order valence-electron chi connectivity index (χ3n) is 6.93. The molecule has 3 aromatic rings. The van der Waals surface area contributed by atoms with Crippen molar-refractivity contribution >= 4 is 23.2 Å². The summed E-state index contributed by atoms with van der Waals surface area (Å²) in [6.07, 6.45) is 5.67. The molecule has 2 aromatic heterocycles. The minimum absolute atomic E-state index is 0.138. The summed E-state index contributed by atoms with van der Waals surface area (Å²) >= 11 is 0. The summed E-state index contributed by atoms with van der Waals surface area (Å²) in [4.78, 5) is 43.9. The van der Waals surface area contributed by atoms with E-state index in [4.69, 9.17) is 0 Å². The van der Waals surface area contributed by atoms with E-state index in [9.17, 15) is 19.6 Å². The lowest BCUT2D eigenvalue weighted by atomic mass is 9.83. The number of carbonyl (C=O) groups is 2. The summed E-state index contributed by atoms with van der Waals surface area (Å²) in [5, 5.41) is 12.7. The molecular formula is C27H25N5O3. The smallest absolute Gasteiger partial charge is 0.250 e. The van der Waals surface area contributed by atoms with Gasteiger partial charge in [0.1, 0.15) is 5.41 Å². The van der Waals surface area contributed by atoms with Gasteiger partial charge in [-0.15, -0.1) is 0 Å². The van der Waals surface area contributed by atoms with Gasteiger partial charge in [-0.25, -0.2) is 0 Å². The van der Waals surface area contributed by atoms with Crippen molar-refractivity contribution in [2.45, 2.75) is 26.2 Å². The van der Waals surface area contributed by atoms with E-state index in [2.05, 4.69) is 16.4 Å². The van der Waals surface area contributed by atoms with Gasteiger partial charge in [-0.2, -0.15) is 5.26 Å². The molecule has 8 nitrogen and oxygen atoms in total. The van der Waals surface area contributed by atoms with Crippen molar-refractivity contribution in [3.63, 3.8) is 0 Å². The zero-order valence-electron chi connectivity index (χ0n) is 19.6. The molecule has 0 bridgehead atoms. The van der Waals surface area contributed by atoms with Gasteiger partial charge in [0.2, 0.25) is 11.8 Å². The van der Waals surface area contributed by atoms with Crippen LogP contribution < -0.4 is 15.8 Å². The molecule has 35 heavy (non-hydrogen) atoms. The van der Waals surface area contributed by atoms with Gasteiger partial charge >= 0.3 is 0 Å². The number of pyridine rings is 2. The predicted molar refractivity (Wildman–Crippen MR) is 132 cm³/mol. The average Bonchev–Trinajstić information content (AvgIpc) is 3.64. The zero-order valence-corrected chi connectivity index (χ0v) is 19.6. The minimum atomic E-state index is -0.938. The van der Waals surface area contributed by atoms with Crippen LogP contribution >= 0.6 is 0 Å². The number of nitrogens with zero attached hydrogens (tertiary/aromatic N) is 4. The van der Waals surface area contributed by atoms with Crippen molar-refractivity contribution in [2.75, 3.05) is 16.8 Å². The summed E-state index contributed by atoms with van der Waals surface area (Å²) in [6.45, 7) is 1.90. The van der Waals surface area contributed by atoms with Gasteiger partial charge in [-0.1, -0.05) is 12.1 Å². The Morgan fingerprint density at radius 1 is 1.20 bits per heavy atom. The van der Waals surface area contributed by atoms with Crippen LogP contribution in [0.1, 0.15) is 26.2 Å². The van der Waals surface area contributed by atoms with Crippen molar-refractivity contribution in [3.05, 3.63) is 65.2 Å². The second-order valence-corrected chi connectivity index (χ2v) is 9.24. The van der Waals surface area contributed by atoms with E-state index < -0.39 is 5.41 Å². The van der Waals surface area contributed by atoms with E-state index in [0.717, 1.165) is 18.4 Å². The average molecular weight is 468 g/mol. The first-order chi connectivity index (χ1) is 16.8. The number of anilines is 2. The van der Waals surface area contributed by atoms with Crippen molar-refractivity contribution in [1.82, 2.24) is 9.55 Å². The van der Waals surface area contributed by atoms with Crippen LogP contribution in [0.25, 0.3) is 22.4 Å². The van der Waals surface area contributed by atoms with Gasteiger partial charge in [0.05, 0.1) is 17.5 Å². The number of rotatable bonds is 5. The highest BCUT2D eigenvalue weighted by Gasteiger charge is 2.56. The molecule has 1 saturated carbocycles. The number of aryl methyl sites for hydroxylation is 1. The standard InChI is InChI=1S/C27H25N5O3/c1-17(33)30-22-5-3-4-21(18-9-12-31(2)24(34)14-18)25(22)23-15-20(8-11-29-23)32-13-10-27(16-28,26(32)35)19-6-7-19/h3-5,8-9,11-12,14-15,19H,6-7,10,13H2,1-2H3,(H,30,33)/t27-/m1/s1. The van der Waals surface area contributed by atoms with Gasteiger partial charge in [-0.05, 0) is 60.6 Å². The second kappa shape index (κ2) is 8.51. The first kappa shape index (κ1) is 22.5. The Labute approximate surface area is 202 Å². The molecule has 2 amide bonds. The maximum Gasteiger partial charge on any atom is 0.250 e. The van der Waals surface area contributed by atoms with E-state index in [1.807, 2.05) is 24.3 Å². The third-order valence-corrected chi connectivity index (χ3v) is 6.93. The second-order valence-electron chi connectivity index (χ2n) is 9.24. The van der Waals surface area contributed by atoms with Crippen LogP contribution in [0.5, 0.6) is 0 Å². The largest absolute Gasteiger partial charge is 0.326 e. The highest BCUT2D eigenvalue weighted by Crippen LogP contribution is 2.52. The summed E-state index contributed by atoms with van der Waals surface area (Å²) in [5.74, 6) is -0.248. The molecule has 8 heteroatoms. The lowest BCUT2D eigenvalue weighted by molar-refractivity contribution is -0.123. The summed E-state index contributed by atoms with van der Waals surface area (Å²) in [6, 6.07) is 14.7. The molecule has 176 valence electrons. The van der Waals surface area contributed by atoms with Crippen LogP contribution in [0.2, 0.25) is 0 Å². The van der Waals surface area contributed by atoms with Crippen LogP contribution in [0, 0.1) is 22.7 Å². The highest BCUT2D eigenvalue weighted by molar-refractivity contribution is 6.03. The Kier molecular flexibility index (Phi) is 5.48. The van der Waals surface area contributed by atoms with E-state index in [-0.39, 0.29) is 23.3 Å². The number of amides is 2. The Morgan fingerprint density at radius 2 is 2.00 bits per heavy atom. The zero-order chi connectivity index (χ0) is 24.7. The van der Waals surface area contributed by atoms with Crippen LogP contribution in [-0.4, -0.2) is 27.9 Å². The van der Waals surface area contributed by atoms with Crippen LogP contribution in [0.4, 0.5) is 11.4 Å². The van der Waals surface area contributed by atoms with Crippen LogP contribution in [0.3, 0.4) is 0 Å². The van der Waals surface area contributed by atoms with Gasteiger partial charge in [-0.3, -0.25) is 19.4 Å². The SMILES string of the molecule is CC(=O)Nc1cccc(-c2ccn(C)c(=O)c2)c1-c1cc(N2CC[C@@](C#N)(C3CC3)C2=O)ccn1. The maximum absolute atomic E-state index is 13.3. The van der Waals surface area contributed by atoms with Crippen molar-refractivity contribution in [2.24, 2.45) is 18.4 Å². The number of nitrogens with one attached hydrogen (secondary N) is 1. The fourth-order valence-corrected chi connectivity index (χ4v) is 4.94. The number of carbonyl (C=O) groups excluding carboxylic acids is 2. The van der Waals surface area contributed by atoms with Gasteiger partial charge in [0.15, 0.2) is 0 Å². The Balaban J connectivity index is 1.62. The highest BCUT2D eigenvalue weighted by atomic mass is 16.2. The molecule has 2 fully saturated rings. The molecule has 0 radical (unpaired) electrons. The Bertz CT molecular complexity index is 1450. The lowest BCUT2D eigenvalue weighted by Gasteiger charge is -2.22. The molecule has 1 aliphatic heterocycles. The minimum Gasteiger partial charge on any atom is -0.326 e. The topological polar surface area (TPSA) is 108 Å². The van der Waals surface area contributed by atoms with Crippen molar-refractivity contribution in [3.8, 4) is 28.5 Å². The van der Waals surface area contributed by atoms with E-state index in [1.54, 1.807) is 42.5 Å². The summed E-state index contributed by atoms with van der Waals surface area (Å²) in [5.41, 5.74) is 2.74. The van der Waals surface area contributed by atoms with Crippen molar-refractivity contribution in [1.29, 1.82) is 5.26 Å². The van der Waals surface area contributed by atoms with E-state index in [1.165, 1.54) is 11.5 Å². The molecule has 5 rings (SSSR count). The third kappa shape index (κ3) is 3.89. The monoisotopic (exact) mass is 467 g/mol. The predicted octanol–water partition coefficient (Wildman–Crippen LogP) is 3.73. The molecule has 0 spiro atoms. The molecule has 0 unspecified atom stereocenters. The number of benzene rings is 1. The first-order valence-corrected chi connectivity index (χ1v) is 11.6. The summed E-state index contributed by atoms with van der Waals surface area (Å²) in [7, 11) is 1.68. The number of hydrogen-bond acceptors (Lipinski definition) is 5. The lowest BCUT2D eigenvalue weighted by Crippen LogP contribution is -2.35. The fourth-order valence-electron chi connectivity index (χ4n) is 4.94. The van der Waals surface area contributed by atoms with Crippen molar-refractivity contribution < 1.29 is 9.59 Å². The van der Waals surface area contributed by atoms with Crippen LogP contribution in [0.15, 0.2) is 59.7 Å². The molecule has 1 aliphatic carbocycles. The molecular weight excluding hydrogens is 442 g/mol. The summed E-state index contributed by atoms with van der Waals surface area (Å²) < 4.78 is 1.49.